The van der Waals surface area contributed by atoms with Crippen molar-refractivity contribution >= 4 is 27.2 Å². The SMILES string of the molecule is CN(C)C(C)(C)CNS(=O)(=O)Cc1ccc(C(N)=S)cc1. The lowest BCUT2D eigenvalue weighted by Crippen LogP contribution is -2.48. The highest BCUT2D eigenvalue weighted by molar-refractivity contribution is 7.88. The Bertz CT molecular complexity index is 593. The predicted octanol–water partition coefficient (Wildman–Crippen LogP) is 1.08. The first-order valence-corrected chi connectivity index (χ1v) is 8.63. The normalized spacial score (nSPS) is 12.6. The smallest absolute Gasteiger partial charge is 0.215 e. The van der Waals surface area contributed by atoms with Crippen molar-refractivity contribution in [2.24, 2.45) is 5.73 Å². The summed E-state index contributed by atoms with van der Waals surface area (Å²) in [5.41, 5.74) is 6.69. The van der Waals surface area contributed by atoms with Crippen LogP contribution in [0.4, 0.5) is 0 Å². The van der Waals surface area contributed by atoms with Crippen LogP contribution in [0.3, 0.4) is 0 Å². The van der Waals surface area contributed by atoms with E-state index < -0.39 is 10.0 Å². The lowest BCUT2D eigenvalue weighted by molar-refractivity contribution is 0.199. The molecule has 0 aliphatic heterocycles. The summed E-state index contributed by atoms with van der Waals surface area (Å²) in [5.74, 6) is -0.0614. The van der Waals surface area contributed by atoms with E-state index in [4.69, 9.17) is 18.0 Å². The second-order valence-electron chi connectivity index (χ2n) is 5.85. The first-order valence-electron chi connectivity index (χ1n) is 6.57. The van der Waals surface area contributed by atoms with E-state index in [0.29, 0.717) is 17.1 Å². The summed E-state index contributed by atoms with van der Waals surface area (Å²) in [5, 5.41) is 0. The molecule has 0 spiro atoms. The van der Waals surface area contributed by atoms with Gasteiger partial charge in [-0.3, -0.25) is 0 Å². The van der Waals surface area contributed by atoms with Crippen LogP contribution in [0.5, 0.6) is 0 Å². The van der Waals surface area contributed by atoms with Crippen LogP contribution in [0.1, 0.15) is 25.0 Å². The van der Waals surface area contributed by atoms with Crippen LogP contribution in [0.2, 0.25) is 0 Å². The maximum atomic E-state index is 12.1. The van der Waals surface area contributed by atoms with E-state index in [1.807, 2.05) is 32.8 Å². The molecule has 0 aromatic heterocycles. The van der Waals surface area contributed by atoms with Gasteiger partial charge in [0.05, 0.1) is 5.75 Å². The molecule has 0 heterocycles. The van der Waals surface area contributed by atoms with Crippen molar-refractivity contribution in [2.75, 3.05) is 20.6 Å². The molecule has 21 heavy (non-hydrogen) atoms. The van der Waals surface area contributed by atoms with Gasteiger partial charge in [-0.05, 0) is 33.5 Å². The molecule has 0 aliphatic carbocycles. The van der Waals surface area contributed by atoms with Crippen molar-refractivity contribution in [3.8, 4) is 0 Å². The van der Waals surface area contributed by atoms with Gasteiger partial charge in [-0.25, -0.2) is 13.1 Å². The molecular formula is C14H23N3O2S2. The fourth-order valence-electron chi connectivity index (χ4n) is 1.48. The highest BCUT2D eigenvalue weighted by atomic mass is 32.2. The van der Waals surface area contributed by atoms with Gasteiger partial charge in [0.2, 0.25) is 10.0 Å². The van der Waals surface area contributed by atoms with E-state index >= 15 is 0 Å². The van der Waals surface area contributed by atoms with Gasteiger partial charge >= 0.3 is 0 Å². The molecule has 1 aromatic rings. The van der Waals surface area contributed by atoms with Crippen molar-refractivity contribution < 1.29 is 8.42 Å². The van der Waals surface area contributed by atoms with Crippen LogP contribution in [0.25, 0.3) is 0 Å². The molecule has 0 radical (unpaired) electrons. The first-order chi connectivity index (χ1) is 9.53. The van der Waals surface area contributed by atoms with Gasteiger partial charge in [0.25, 0.3) is 0 Å². The summed E-state index contributed by atoms with van der Waals surface area (Å²) in [4.78, 5) is 2.28. The summed E-state index contributed by atoms with van der Waals surface area (Å²) in [6.45, 7) is 4.31. The molecule has 0 amide bonds. The second-order valence-corrected chi connectivity index (χ2v) is 8.09. The number of nitrogens with two attached hydrogens (primary N) is 1. The molecule has 0 atom stereocenters. The van der Waals surface area contributed by atoms with Crippen molar-refractivity contribution in [1.29, 1.82) is 0 Å². The van der Waals surface area contributed by atoms with Gasteiger partial charge in [-0.15, -0.1) is 0 Å². The predicted molar refractivity (Wildman–Crippen MR) is 90.7 cm³/mol. The number of hydrogen-bond acceptors (Lipinski definition) is 4. The Hall–Kier alpha value is -1.02. The van der Waals surface area contributed by atoms with E-state index in [0.717, 1.165) is 5.56 Å². The molecule has 3 N–H and O–H groups in total. The number of benzene rings is 1. The fraction of sp³-hybridized carbons (Fsp3) is 0.500. The lowest BCUT2D eigenvalue weighted by Gasteiger charge is -2.32. The number of hydrogen-bond donors (Lipinski definition) is 2. The number of thiocarbonyl (C=S) groups is 1. The van der Waals surface area contributed by atoms with E-state index in [1.165, 1.54) is 0 Å². The fourth-order valence-corrected chi connectivity index (χ4v) is 2.92. The summed E-state index contributed by atoms with van der Waals surface area (Å²) in [6, 6.07) is 6.92. The number of nitrogens with zero attached hydrogens (tertiary/aromatic N) is 1. The molecule has 7 heteroatoms. The van der Waals surface area contributed by atoms with Crippen LogP contribution in [-0.2, 0) is 15.8 Å². The van der Waals surface area contributed by atoms with Crippen molar-refractivity contribution in [2.45, 2.75) is 25.1 Å². The van der Waals surface area contributed by atoms with Gasteiger partial charge in [-0.2, -0.15) is 0 Å². The Morgan fingerprint density at radius 3 is 2.24 bits per heavy atom. The van der Waals surface area contributed by atoms with Gasteiger partial charge in [0, 0.05) is 17.6 Å². The molecule has 0 fully saturated rings. The van der Waals surface area contributed by atoms with Gasteiger partial charge in [0.15, 0.2) is 0 Å². The van der Waals surface area contributed by atoms with Crippen molar-refractivity contribution in [3.63, 3.8) is 0 Å². The molecule has 118 valence electrons. The number of sulfonamides is 1. The minimum atomic E-state index is -3.38. The minimum Gasteiger partial charge on any atom is -0.389 e. The molecule has 0 bridgehead atoms. The molecule has 0 saturated heterocycles. The van der Waals surface area contributed by atoms with E-state index in [1.54, 1.807) is 24.3 Å². The molecule has 0 saturated carbocycles. The quantitative estimate of drug-likeness (QED) is 0.732. The largest absolute Gasteiger partial charge is 0.389 e. The van der Waals surface area contributed by atoms with Crippen LogP contribution in [0.15, 0.2) is 24.3 Å². The summed E-state index contributed by atoms with van der Waals surface area (Å²) < 4.78 is 26.9. The second kappa shape index (κ2) is 6.83. The Kier molecular flexibility index (Phi) is 5.86. The third kappa shape index (κ3) is 5.70. The highest BCUT2D eigenvalue weighted by Crippen LogP contribution is 2.11. The van der Waals surface area contributed by atoms with Crippen LogP contribution in [0, 0.1) is 0 Å². The standard InChI is InChI=1S/C14H23N3O2S2/c1-14(2,17(3)4)10-16-21(18,19)9-11-5-7-12(8-6-11)13(15)20/h5-8,16H,9-10H2,1-4H3,(H2,15,20). The van der Waals surface area contributed by atoms with Gasteiger partial charge in [-0.1, -0.05) is 36.5 Å². The minimum absolute atomic E-state index is 0.0614. The zero-order chi connectivity index (χ0) is 16.3. The topological polar surface area (TPSA) is 75.4 Å². The average Bonchev–Trinajstić information content (AvgIpc) is 2.37. The van der Waals surface area contributed by atoms with Crippen LogP contribution >= 0.6 is 12.2 Å². The average molecular weight is 329 g/mol. The molecule has 1 rings (SSSR count). The summed E-state index contributed by atoms with van der Waals surface area (Å²) >= 11 is 4.86. The van der Waals surface area contributed by atoms with E-state index in [2.05, 4.69) is 4.72 Å². The first kappa shape index (κ1) is 18.0. The van der Waals surface area contributed by atoms with Crippen molar-refractivity contribution in [3.05, 3.63) is 35.4 Å². The monoisotopic (exact) mass is 329 g/mol. The number of nitrogens with one attached hydrogen (secondary N) is 1. The number of rotatable bonds is 7. The molecule has 0 aliphatic rings. The highest BCUT2D eigenvalue weighted by Gasteiger charge is 2.23. The van der Waals surface area contributed by atoms with E-state index in [9.17, 15) is 8.42 Å². The van der Waals surface area contributed by atoms with Crippen molar-refractivity contribution in [1.82, 2.24) is 9.62 Å². The van der Waals surface area contributed by atoms with Crippen LogP contribution in [-0.4, -0.2) is 44.5 Å². The molecule has 0 unspecified atom stereocenters. The summed E-state index contributed by atoms with van der Waals surface area (Å²) in [6.07, 6.45) is 0. The Morgan fingerprint density at radius 1 is 1.29 bits per heavy atom. The summed E-state index contributed by atoms with van der Waals surface area (Å²) in [7, 11) is 0.464. The van der Waals surface area contributed by atoms with E-state index in [-0.39, 0.29) is 11.3 Å². The third-order valence-corrected chi connectivity index (χ3v) is 5.06. The number of likely N-dealkylation sites (N-methyl/N-ethyl adjacent to an activating group) is 1. The Morgan fingerprint density at radius 2 is 1.81 bits per heavy atom. The van der Waals surface area contributed by atoms with Crippen LogP contribution < -0.4 is 10.5 Å². The zero-order valence-electron chi connectivity index (χ0n) is 12.9. The zero-order valence-corrected chi connectivity index (χ0v) is 14.5. The maximum Gasteiger partial charge on any atom is 0.215 e. The maximum absolute atomic E-state index is 12.1. The third-order valence-electron chi connectivity index (χ3n) is 3.53. The molecule has 5 nitrogen and oxygen atoms in total. The lowest BCUT2D eigenvalue weighted by atomic mass is 10.1. The Balaban J connectivity index is 2.70. The van der Waals surface area contributed by atoms with Gasteiger partial charge < -0.3 is 10.6 Å². The Labute approximate surface area is 132 Å². The van der Waals surface area contributed by atoms with Gasteiger partial charge in [0.1, 0.15) is 4.99 Å². The molecule has 1 aromatic carbocycles. The molecular weight excluding hydrogens is 306 g/mol.